The Morgan fingerprint density at radius 1 is 1.07 bits per heavy atom. The highest BCUT2D eigenvalue weighted by atomic mass is 19.1. The van der Waals surface area contributed by atoms with Gasteiger partial charge in [-0.2, -0.15) is 0 Å². The fourth-order valence-electron chi connectivity index (χ4n) is 6.83. The topological polar surface area (TPSA) is 108 Å². The number of β-amino-alcohol motifs (C(OH)–C–C–N with tert-alkyl or cyclic N) is 1. The van der Waals surface area contributed by atoms with Crippen molar-refractivity contribution >= 4 is 11.8 Å². The minimum absolute atomic E-state index is 0.000593. The van der Waals surface area contributed by atoms with Crippen molar-refractivity contribution in [2.24, 2.45) is 24.1 Å². The summed E-state index contributed by atoms with van der Waals surface area (Å²) in [6, 6.07) is 3.24. The highest BCUT2D eigenvalue weighted by molar-refractivity contribution is 5.96. The number of imidazole rings is 1. The molecule has 1 aromatic carbocycles. The van der Waals surface area contributed by atoms with E-state index in [1.165, 1.54) is 12.1 Å². The number of carbonyl (C=O) groups is 2. The third-order valence-electron chi connectivity index (χ3n) is 9.08. The van der Waals surface area contributed by atoms with Crippen LogP contribution in [-0.4, -0.2) is 93.1 Å². The van der Waals surface area contributed by atoms with Crippen molar-refractivity contribution in [3.8, 4) is 0 Å². The van der Waals surface area contributed by atoms with Crippen molar-refractivity contribution in [1.29, 1.82) is 0 Å². The van der Waals surface area contributed by atoms with Gasteiger partial charge in [-0.3, -0.25) is 19.4 Å². The molecule has 2 heterocycles. The van der Waals surface area contributed by atoms with Crippen LogP contribution in [0.5, 0.6) is 0 Å². The zero-order chi connectivity index (χ0) is 32.7. The van der Waals surface area contributed by atoms with Crippen molar-refractivity contribution in [2.45, 2.75) is 59.1 Å². The number of allylic oxidation sites excluding steroid dienone is 2. The maximum Gasteiger partial charge on any atom is 0.249 e. The molecule has 11 heteroatoms. The molecular formula is C34H48F2N6O3. The van der Waals surface area contributed by atoms with Crippen molar-refractivity contribution in [3.05, 3.63) is 76.9 Å². The molecule has 45 heavy (non-hydrogen) atoms. The summed E-state index contributed by atoms with van der Waals surface area (Å²) in [5, 5.41) is 11.9. The normalized spacial score (nSPS) is 20.8. The van der Waals surface area contributed by atoms with Crippen molar-refractivity contribution in [3.63, 3.8) is 0 Å². The molecule has 9 nitrogen and oxygen atoms in total. The number of aliphatic hydroxyl groups excluding tert-OH is 1. The molecule has 1 unspecified atom stereocenters. The van der Waals surface area contributed by atoms with Gasteiger partial charge in [0.1, 0.15) is 17.5 Å². The fraction of sp³-hybridized carbons (Fsp3) is 0.559. The van der Waals surface area contributed by atoms with E-state index in [4.69, 9.17) is 5.73 Å². The van der Waals surface area contributed by atoms with Gasteiger partial charge in [0, 0.05) is 82.8 Å². The maximum atomic E-state index is 14.3. The summed E-state index contributed by atoms with van der Waals surface area (Å²) in [7, 11) is 1.97. The zero-order valence-electron chi connectivity index (χ0n) is 27.0. The quantitative estimate of drug-likeness (QED) is 0.333. The first-order valence-electron chi connectivity index (χ1n) is 16.0. The number of amides is 2. The van der Waals surface area contributed by atoms with Crippen LogP contribution in [0, 0.1) is 23.0 Å². The number of aliphatic hydroxyl groups is 1. The predicted octanol–water partition coefficient (Wildman–Crippen LogP) is 3.43. The molecule has 1 aromatic heterocycles. The van der Waals surface area contributed by atoms with Crippen LogP contribution >= 0.6 is 0 Å². The molecule has 0 radical (unpaired) electrons. The van der Waals surface area contributed by atoms with Gasteiger partial charge in [-0.25, -0.2) is 13.8 Å². The summed E-state index contributed by atoms with van der Waals surface area (Å²) < 4.78 is 30.6. The molecule has 1 aliphatic heterocycles. The lowest BCUT2D eigenvalue weighted by molar-refractivity contribution is -0.132. The third kappa shape index (κ3) is 8.45. The lowest BCUT2D eigenvalue weighted by Crippen LogP contribution is -2.54. The Kier molecular flexibility index (Phi) is 11.7. The van der Waals surface area contributed by atoms with Crippen LogP contribution in [0.3, 0.4) is 0 Å². The van der Waals surface area contributed by atoms with E-state index in [2.05, 4.69) is 14.8 Å². The van der Waals surface area contributed by atoms with Crippen molar-refractivity contribution in [2.75, 3.05) is 45.8 Å². The first-order valence-corrected chi connectivity index (χ1v) is 16.0. The predicted molar refractivity (Wildman–Crippen MR) is 170 cm³/mol. The third-order valence-corrected chi connectivity index (χ3v) is 9.08. The smallest absolute Gasteiger partial charge is 0.249 e. The van der Waals surface area contributed by atoms with E-state index in [1.54, 1.807) is 30.2 Å². The van der Waals surface area contributed by atoms with Gasteiger partial charge < -0.3 is 20.3 Å². The number of rotatable bonds is 14. The molecule has 246 valence electrons. The van der Waals surface area contributed by atoms with Crippen LogP contribution in [0.25, 0.3) is 0 Å². The number of hydrogen-bond acceptors (Lipinski definition) is 6. The van der Waals surface area contributed by atoms with E-state index in [1.807, 2.05) is 31.7 Å². The van der Waals surface area contributed by atoms with Crippen LogP contribution in [-0.2, 0) is 29.6 Å². The summed E-state index contributed by atoms with van der Waals surface area (Å²) >= 11 is 0. The van der Waals surface area contributed by atoms with Crippen molar-refractivity contribution in [1.82, 2.24) is 24.3 Å². The lowest BCUT2D eigenvalue weighted by Gasteiger charge is -2.43. The number of aromatic nitrogens is 2. The monoisotopic (exact) mass is 626 g/mol. The number of nitrogens with two attached hydrogens (primary N) is 1. The largest absolute Gasteiger partial charge is 0.391 e. The maximum absolute atomic E-state index is 14.3. The van der Waals surface area contributed by atoms with Crippen LogP contribution in [0.1, 0.15) is 51.4 Å². The second kappa shape index (κ2) is 15.2. The SMILES string of the molecule is CCCN(CCC)C(=O)C1=CC(C)=CC(C(N)=O)([C@H](Cc2cc(F)cc(F)c2)[C@@H](O)CN2CCN(Cc3nccn3C)CC2)C1. The Bertz CT molecular complexity index is 1370. The van der Waals surface area contributed by atoms with Gasteiger partial charge in [0.2, 0.25) is 11.8 Å². The number of nitrogens with zero attached hydrogens (tertiary/aromatic N) is 5. The van der Waals surface area contributed by atoms with Gasteiger partial charge in [-0.15, -0.1) is 0 Å². The first-order chi connectivity index (χ1) is 21.4. The second-order valence-corrected chi connectivity index (χ2v) is 12.6. The van der Waals surface area contributed by atoms with E-state index >= 15 is 0 Å². The van der Waals surface area contributed by atoms with E-state index in [-0.39, 0.29) is 25.3 Å². The Morgan fingerprint density at radius 3 is 2.24 bits per heavy atom. The summed E-state index contributed by atoms with van der Waals surface area (Å²) in [6.45, 7) is 10.9. The van der Waals surface area contributed by atoms with Crippen LogP contribution in [0.2, 0.25) is 0 Å². The molecule has 2 aromatic rings. The fourth-order valence-corrected chi connectivity index (χ4v) is 6.83. The van der Waals surface area contributed by atoms with Gasteiger partial charge in [-0.1, -0.05) is 31.6 Å². The molecule has 0 bridgehead atoms. The van der Waals surface area contributed by atoms with Gasteiger partial charge in [0.05, 0.1) is 18.1 Å². The van der Waals surface area contributed by atoms with E-state index in [9.17, 15) is 23.5 Å². The van der Waals surface area contributed by atoms with E-state index in [0.29, 0.717) is 42.9 Å². The molecule has 0 spiro atoms. The van der Waals surface area contributed by atoms with Crippen LogP contribution in [0.4, 0.5) is 8.78 Å². The van der Waals surface area contributed by atoms with Gasteiger partial charge in [-0.05, 0) is 50.3 Å². The minimum atomic E-state index is -1.45. The number of hydrogen-bond donors (Lipinski definition) is 2. The van der Waals surface area contributed by atoms with Gasteiger partial charge in [0.15, 0.2) is 0 Å². The Labute approximate surface area is 265 Å². The Morgan fingerprint density at radius 2 is 1.69 bits per heavy atom. The molecule has 1 aliphatic carbocycles. The molecule has 1 fully saturated rings. The van der Waals surface area contributed by atoms with Crippen molar-refractivity contribution < 1.29 is 23.5 Å². The lowest BCUT2D eigenvalue weighted by atomic mass is 9.63. The van der Waals surface area contributed by atoms with Gasteiger partial charge >= 0.3 is 0 Å². The molecule has 2 aliphatic rings. The summed E-state index contributed by atoms with van der Waals surface area (Å²) in [6.07, 6.45) is 7.72. The first kappa shape index (κ1) is 34.5. The molecule has 0 saturated carbocycles. The molecule has 2 amide bonds. The highest BCUT2D eigenvalue weighted by Gasteiger charge is 2.49. The molecule has 3 N–H and O–H groups in total. The summed E-state index contributed by atoms with van der Waals surface area (Å²) in [5.74, 6) is -2.20. The standard InChI is InChI=1S/C34H48F2N6O3/c1-5-8-42(9-6-2)32(44)26-15-24(3)20-34(21-26,33(37)45)29(18-25-16-27(35)19-28(36)17-25)30(43)22-40-11-13-41(14-12-40)23-31-38-7-10-39(31)4/h7,10,15-17,19-20,29-30,43H,5-6,8-9,11-14,18,21-23H2,1-4H3,(H2,37,45)/t29-,30+,34?/m1/s1. The molecular weight excluding hydrogens is 578 g/mol. The van der Waals surface area contributed by atoms with E-state index < -0.39 is 35.0 Å². The minimum Gasteiger partial charge on any atom is -0.391 e. The zero-order valence-corrected chi connectivity index (χ0v) is 27.0. The molecule has 4 rings (SSSR count). The van der Waals surface area contributed by atoms with E-state index in [0.717, 1.165) is 44.4 Å². The number of aryl methyl sites for hydroxylation is 1. The van der Waals surface area contributed by atoms with Crippen LogP contribution < -0.4 is 5.73 Å². The number of benzene rings is 1. The second-order valence-electron chi connectivity index (χ2n) is 12.6. The average Bonchev–Trinajstić information content (AvgIpc) is 3.39. The average molecular weight is 627 g/mol. The number of piperazine rings is 1. The Balaban J connectivity index is 1.61. The summed E-state index contributed by atoms with van der Waals surface area (Å²) in [5.41, 5.74) is 6.17. The highest BCUT2D eigenvalue weighted by Crippen LogP contribution is 2.44. The van der Waals surface area contributed by atoms with Crippen LogP contribution in [0.15, 0.2) is 53.9 Å². The molecule has 3 atom stereocenters. The summed E-state index contributed by atoms with van der Waals surface area (Å²) in [4.78, 5) is 37.9. The number of halogens is 2. The Hall–Kier alpha value is -3.41. The van der Waals surface area contributed by atoms with Gasteiger partial charge in [0.25, 0.3) is 0 Å². The molecule has 1 saturated heterocycles. The number of primary amides is 1. The number of carbonyl (C=O) groups excluding carboxylic acids is 2.